The molecule has 212 valence electrons. The molecule has 5 rings (SSSR count). The van der Waals surface area contributed by atoms with E-state index in [9.17, 15) is 9.90 Å². The molecule has 0 aliphatic carbocycles. The van der Waals surface area contributed by atoms with Crippen molar-refractivity contribution in [3.63, 3.8) is 0 Å². The maximum Gasteiger partial charge on any atom is 0.249 e. The number of rotatable bonds is 10. The average Bonchev–Trinajstić information content (AvgIpc) is 3.60. The summed E-state index contributed by atoms with van der Waals surface area (Å²) in [6.07, 6.45) is -2.29. The number of methoxy groups -OCH3 is 1. The summed E-state index contributed by atoms with van der Waals surface area (Å²) in [7, 11) is 3.02. The van der Waals surface area contributed by atoms with Gasteiger partial charge in [-0.2, -0.15) is 0 Å². The molecule has 2 aromatic carbocycles. The Labute approximate surface area is 238 Å². The first kappa shape index (κ1) is 27.9. The molecule has 1 aliphatic heterocycles. The fourth-order valence-electron chi connectivity index (χ4n) is 4.53. The van der Waals surface area contributed by atoms with Gasteiger partial charge in [0.25, 0.3) is 0 Å². The second-order valence-corrected chi connectivity index (χ2v) is 9.45. The van der Waals surface area contributed by atoms with E-state index in [-0.39, 0.29) is 19.0 Å². The molecule has 0 bridgehead atoms. The van der Waals surface area contributed by atoms with Crippen LogP contribution < -0.4 is 20.1 Å². The van der Waals surface area contributed by atoms with Crippen LogP contribution in [0.25, 0.3) is 21.6 Å². The Balaban J connectivity index is 1.40. The van der Waals surface area contributed by atoms with E-state index in [1.54, 1.807) is 25.3 Å². The Hall–Kier alpha value is -4.62. The highest BCUT2D eigenvalue weighted by Gasteiger charge is 2.48. The summed E-state index contributed by atoms with van der Waals surface area (Å²) in [5, 5.41) is 20.7. The van der Waals surface area contributed by atoms with Gasteiger partial charge in [0, 0.05) is 34.7 Å². The standard InChI is InChI=1S/C26H26ClN9O5/c1-29-26(38)21-18(35-36-28)20(37)22(41-21)25-33-23(19-24(34-25)32-12-31-19)30-10-14-9-15(27)7-8-17(14)40-11-13-5-3-4-6-16(13)39-2/h3-9,12,18,20-22,37H,10-11H2,1-2H3,(H,29,38)(H2,30,31,32,33,34)/t18-,20+,21-,22-/m0/s1. The molecule has 14 nitrogen and oxygen atoms in total. The third kappa shape index (κ3) is 5.81. The van der Waals surface area contributed by atoms with Gasteiger partial charge in [-0.1, -0.05) is 34.9 Å². The lowest BCUT2D eigenvalue weighted by molar-refractivity contribution is -0.132. The van der Waals surface area contributed by atoms with Crippen LogP contribution in [0.15, 0.2) is 53.9 Å². The topological polar surface area (TPSA) is 192 Å². The molecule has 0 saturated carbocycles. The van der Waals surface area contributed by atoms with Crippen LogP contribution >= 0.6 is 11.6 Å². The molecule has 4 atom stereocenters. The highest BCUT2D eigenvalue weighted by Crippen LogP contribution is 2.35. The number of carbonyl (C=O) groups is 1. The number of aromatic amines is 1. The first-order chi connectivity index (χ1) is 19.9. The van der Waals surface area contributed by atoms with Gasteiger partial charge in [-0.15, -0.1) is 0 Å². The molecule has 0 radical (unpaired) electrons. The Morgan fingerprint density at radius 3 is 2.85 bits per heavy atom. The highest BCUT2D eigenvalue weighted by atomic mass is 35.5. The minimum atomic E-state index is -1.37. The van der Waals surface area contributed by atoms with E-state index in [4.69, 9.17) is 31.3 Å². The maximum absolute atomic E-state index is 12.3. The Morgan fingerprint density at radius 1 is 1.24 bits per heavy atom. The van der Waals surface area contributed by atoms with Crippen molar-refractivity contribution in [1.82, 2.24) is 25.3 Å². The van der Waals surface area contributed by atoms with Crippen LogP contribution in [0.3, 0.4) is 0 Å². The largest absolute Gasteiger partial charge is 0.496 e. The third-order valence-corrected chi connectivity index (χ3v) is 6.79. The van der Waals surface area contributed by atoms with Gasteiger partial charge >= 0.3 is 0 Å². The fourth-order valence-corrected chi connectivity index (χ4v) is 4.72. The summed E-state index contributed by atoms with van der Waals surface area (Å²) in [6.45, 7) is 0.527. The van der Waals surface area contributed by atoms with E-state index >= 15 is 0 Å². The van der Waals surface area contributed by atoms with E-state index in [1.165, 1.54) is 13.4 Å². The third-order valence-electron chi connectivity index (χ3n) is 6.56. The van der Waals surface area contributed by atoms with Crippen LogP contribution in [0.5, 0.6) is 11.5 Å². The van der Waals surface area contributed by atoms with E-state index in [0.717, 1.165) is 11.1 Å². The van der Waals surface area contributed by atoms with Crippen molar-refractivity contribution >= 4 is 34.5 Å². The highest BCUT2D eigenvalue weighted by molar-refractivity contribution is 6.30. The number of ether oxygens (including phenoxy) is 3. The average molecular weight is 580 g/mol. The number of imidazole rings is 1. The van der Waals surface area contributed by atoms with Gasteiger partial charge in [0.15, 0.2) is 17.3 Å². The Bertz CT molecular complexity index is 1610. The van der Waals surface area contributed by atoms with Crippen molar-refractivity contribution in [3.8, 4) is 11.5 Å². The number of para-hydroxylation sites is 1. The van der Waals surface area contributed by atoms with Crippen LogP contribution in [0.4, 0.5) is 5.82 Å². The van der Waals surface area contributed by atoms with E-state index in [0.29, 0.717) is 33.5 Å². The number of aliphatic hydroxyl groups is 1. The van der Waals surface area contributed by atoms with Gasteiger partial charge < -0.3 is 34.9 Å². The number of azide groups is 1. The van der Waals surface area contributed by atoms with Crippen molar-refractivity contribution in [1.29, 1.82) is 0 Å². The quantitative estimate of drug-likeness (QED) is 0.124. The number of benzene rings is 2. The zero-order chi connectivity index (χ0) is 28.9. The number of amides is 1. The normalized spacial score (nSPS) is 19.9. The number of aliphatic hydroxyl groups excluding tert-OH is 1. The van der Waals surface area contributed by atoms with Crippen molar-refractivity contribution in [3.05, 3.63) is 81.2 Å². The molecule has 4 N–H and O–H groups in total. The predicted octanol–water partition coefficient (Wildman–Crippen LogP) is 3.43. The number of hydrogen-bond donors (Lipinski definition) is 4. The molecule has 1 amide bonds. The van der Waals surface area contributed by atoms with Gasteiger partial charge in [-0.25, -0.2) is 15.0 Å². The molecule has 1 fully saturated rings. The van der Waals surface area contributed by atoms with Crippen LogP contribution in [0.1, 0.15) is 23.1 Å². The van der Waals surface area contributed by atoms with Gasteiger partial charge in [0.1, 0.15) is 41.9 Å². The minimum absolute atomic E-state index is 0.0582. The molecule has 4 aromatic rings. The molecule has 2 aromatic heterocycles. The summed E-state index contributed by atoms with van der Waals surface area (Å²) in [4.78, 5) is 31.3. The SMILES string of the molecule is CNC(=O)[C@H]1O[C@H](c2nc(NCc3cc(Cl)ccc3OCc3ccccc3OC)c3[nH]cnc3n2)[C@H](O)[C@@H]1N=[N+]=[N-]. The molecular weight excluding hydrogens is 554 g/mol. The molecule has 1 saturated heterocycles. The summed E-state index contributed by atoms with van der Waals surface area (Å²) in [6, 6.07) is 11.7. The monoisotopic (exact) mass is 579 g/mol. The Morgan fingerprint density at radius 2 is 2.07 bits per heavy atom. The maximum atomic E-state index is 12.3. The summed E-state index contributed by atoms with van der Waals surface area (Å²) >= 11 is 6.30. The smallest absolute Gasteiger partial charge is 0.249 e. The Kier molecular flexibility index (Phi) is 8.36. The van der Waals surface area contributed by atoms with Crippen molar-refractivity contribution < 1.29 is 24.1 Å². The van der Waals surface area contributed by atoms with Gasteiger partial charge in [0.05, 0.1) is 19.5 Å². The summed E-state index contributed by atoms with van der Waals surface area (Å²) < 4.78 is 17.3. The number of fused-ring (bicyclic) bond motifs is 1. The molecule has 0 unspecified atom stereocenters. The zero-order valence-corrected chi connectivity index (χ0v) is 22.7. The summed E-state index contributed by atoms with van der Waals surface area (Å²) in [5.41, 5.74) is 11.4. The molecule has 0 spiro atoms. The van der Waals surface area contributed by atoms with E-state index in [1.807, 2.05) is 24.3 Å². The lowest BCUT2D eigenvalue weighted by atomic mass is 10.0. The number of likely N-dealkylation sites (N-methyl/N-ethyl adjacent to an activating group) is 1. The number of H-pyrrole nitrogens is 1. The first-order valence-corrected chi connectivity index (χ1v) is 12.9. The second kappa shape index (κ2) is 12.3. The number of carbonyl (C=O) groups excluding carboxylic acids is 1. The van der Waals surface area contributed by atoms with Crippen LogP contribution in [-0.4, -0.2) is 63.4 Å². The minimum Gasteiger partial charge on any atom is -0.496 e. The summed E-state index contributed by atoms with van der Waals surface area (Å²) in [5.74, 6) is 1.18. The number of anilines is 1. The number of halogens is 1. The number of aromatic nitrogens is 4. The van der Waals surface area contributed by atoms with E-state index < -0.39 is 30.3 Å². The van der Waals surface area contributed by atoms with Gasteiger partial charge in [-0.3, -0.25) is 4.79 Å². The number of hydrogen-bond acceptors (Lipinski definition) is 10. The van der Waals surface area contributed by atoms with Gasteiger partial charge in [0.2, 0.25) is 5.91 Å². The first-order valence-electron chi connectivity index (χ1n) is 12.5. The van der Waals surface area contributed by atoms with E-state index in [2.05, 4.69) is 40.6 Å². The number of nitrogens with one attached hydrogen (secondary N) is 3. The molecular formula is C26H26ClN9O5. The van der Waals surface area contributed by atoms with Crippen molar-refractivity contribution in [2.24, 2.45) is 5.11 Å². The molecule has 41 heavy (non-hydrogen) atoms. The fraction of sp³-hybridized carbons (Fsp3) is 0.308. The van der Waals surface area contributed by atoms with Gasteiger partial charge in [-0.05, 0) is 29.8 Å². The zero-order valence-electron chi connectivity index (χ0n) is 22.0. The van der Waals surface area contributed by atoms with Crippen LogP contribution in [-0.2, 0) is 22.7 Å². The molecule has 3 heterocycles. The van der Waals surface area contributed by atoms with Crippen LogP contribution in [0, 0.1) is 0 Å². The predicted molar refractivity (Wildman–Crippen MR) is 148 cm³/mol. The lowest BCUT2D eigenvalue weighted by Gasteiger charge is -2.16. The lowest BCUT2D eigenvalue weighted by Crippen LogP contribution is -2.40. The van der Waals surface area contributed by atoms with Crippen LogP contribution in [0.2, 0.25) is 5.02 Å². The molecule has 15 heteroatoms. The number of nitrogens with zero attached hydrogens (tertiary/aromatic N) is 6. The van der Waals surface area contributed by atoms with Crippen molar-refractivity contribution in [2.75, 3.05) is 19.5 Å². The second-order valence-electron chi connectivity index (χ2n) is 9.02. The molecule has 1 aliphatic rings. The van der Waals surface area contributed by atoms with Crippen molar-refractivity contribution in [2.45, 2.75) is 37.5 Å².